The largest absolute Gasteiger partial charge is 0.493 e. The highest BCUT2D eigenvalue weighted by molar-refractivity contribution is 5.80. The Labute approximate surface area is 135 Å². The summed E-state index contributed by atoms with van der Waals surface area (Å²) in [6.45, 7) is 0.448. The second-order valence-corrected chi connectivity index (χ2v) is 4.74. The monoisotopic (exact) mass is 310 g/mol. The Morgan fingerprint density at radius 3 is 2.57 bits per heavy atom. The van der Waals surface area contributed by atoms with Gasteiger partial charge in [-0.3, -0.25) is 0 Å². The van der Waals surface area contributed by atoms with Crippen molar-refractivity contribution in [3.8, 4) is 11.5 Å². The Morgan fingerprint density at radius 1 is 1.09 bits per heavy atom. The molecule has 0 saturated heterocycles. The van der Waals surface area contributed by atoms with Gasteiger partial charge in [-0.1, -0.05) is 54.6 Å². The van der Waals surface area contributed by atoms with Crippen LogP contribution in [0.4, 0.5) is 0 Å². The molecule has 0 saturated carbocycles. The Kier molecular flexibility index (Phi) is 6.00. The minimum atomic E-state index is -0.976. The standard InChI is InChI=1S/C19H18O4/c1-22-17-12-11-15(7-5-6-10-19(20)21)13-18(17)23-14-16-8-3-2-4-9-16/h2-13H,14H2,1H3,(H,20,21). The molecule has 0 aromatic heterocycles. The Bertz CT molecular complexity index is 703. The molecule has 23 heavy (non-hydrogen) atoms. The van der Waals surface area contributed by atoms with Crippen LogP contribution in [0.25, 0.3) is 6.08 Å². The molecule has 4 nitrogen and oxygen atoms in total. The van der Waals surface area contributed by atoms with Crippen molar-refractivity contribution in [2.45, 2.75) is 6.61 Å². The summed E-state index contributed by atoms with van der Waals surface area (Å²) in [5.41, 5.74) is 1.96. The lowest BCUT2D eigenvalue weighted by molar-refractivity contribution is -0.131. The molecule has 0 heterocycles. The second kappa shape index (κ2) is 8.44. The molecule has 0 amide bonds. The van der Waals surface area contributed by atoms with Crippen LogP contribution in [-0.2, 0) is 11.4 Å². The van der Waals surface area contributed by atoms with E-state index in [2.05, 4.69) is 0 Å². The molecular formula is C19H18O4. The average Bonchev–Trinajstić information content (AvgIpc) is 2.58. The first-order chi connectivity index (χ1) is 11.2. The van der Waals surface area contributed by atoms with E-state index in [1.54, 1.807) is 19.3 Å². The number of hydrogen-bond acceptors (Lipinski definition) is 3. The normalized spacial score (nSPS) is 11.0. The van der Waals surface area contributed by atoms with Crippen molar-refractivity contribution in [1.82, 2.24) is 0 Å². The lowest BCUT2D eigenvalue weighted by atomic mass is 10.2. The number of carbonyl (C=O) groups is 1. The van der Waals surface area contributed by atoms with Gasteiger partial charge >= 0.3 is 5.97 Å². The van der Waals surface area contributed by atoms with Gasteiger partial charge in [-0.2, -0.15) is 0 Å². The molecule has 0 spiro atoms. The SMILES string of the molecule is COc1ccc(C=CC=CC(=O)O)cc1OCc1ccccc1. The van der Waals surface area contributed by atoms with Gasteiger partial charge in [0.05, 0.1) is 7.11 Å². The molecular weight excluding hydrogens is 292 g/mol. The summed E-state index contributed by atoms with van der Waals surface area (Å²) in [5, 5.41) is 8.54. The first-order valence-corrected chi connectivity index (χ1v) is 7.11. The zero-order valence-electron chi connectivity index (χ0n) is 12.8. The van der Waals surface area contributed by atoms with Crippen LogP contribution < -0.4 is 9.47 Å². The van der Waals surface area contributed by atoms with Gasteiger partial charge in [0.2, 0.25) is 0 Å². The van der Waals surface area contributed by atoms with Crippen molar-refractivity contribution in [3.63, 3.8) is 0 Å². The van der Waals surface area contributed by atoms with Gasteiger partial charge in [-0.25, -0.2) is 4.79 Å². The van der Waals surface area contributed by atoms with E-state index in [0.717, 1.165) is 17.2 Å². The fourth-order valence-electron chi connectivity index (χ4n) is 1.95. The van der Waals surface area contributed by atoms with E-state index < -0.39 is 5.97 Å². The minimum Gasteiger partial charge on any atom is -0.493 e. The predicted molar refractivity (Wildman–Crippen MR) is 89.6 cm³/mol. The van der Waals surface area contributed by atoms with E-state index in [4.69, 9.17) is 14.6 Å². The molecule has 4 heteroatoms. The number of carboxylic acids is 1. The van der Waals surface area contributed by atoms with Gasteiger partial charge in [-0.05, 0) is 23.3 Å². The molecule has 2 aromatic carbocycles. The molecule has 1 N–H and O–H groups in total. The summed E-state index contributed by atoms with van der Waals surface area (Å²) < 4.78 is 11.1. The number of methoxy groups -OCH3 is 1. The molecule has 118 valence electrons. The second-order valence-electron chi connectivity index (χ2n) is 4.74. The van der Waals surface area contributed by atoms with E-state index in [-0.39, 0.29) is 0 Å². The summed E-state index contributed by atoms with van der Waals surface area (Å²) >= 11 is 0. The van der Waals surface area contributed by atoms with E-state index in [1.807, 2.05) is 48.5 Å². The van der Waals surface area contributed by atoms with E-state index in [9.17, 15) is 4.79 Å². The van der Waals surface area contributed by atoms with Crippen molar-refractivity contribution in [2.75, 3.05) is 7.11 Å². The van der Waals surface area contributed by atoms with E-state index in [0.29, 0.717) is 18.1 Å². The maximum Gasteiger partial charge on any atom is 0.328 e. The minimum absolute atomic E-state index is 0.448. The number of rotatable bonds is 7. The van der Waals surface area contributed by atoms with Gasteiger partial charge < -0.3 is 14.6 Å². The molecule has 0 radical (unpaired) electrons. The lowest BCUT2D eigenvalue weighted by Gasteiger charge is -2.11. The number of hydrogen-bond donors (Lipinski definition) is 1. The molecule has 0 fully saturated rings. The third-order valence-electron chi connectivity index (χ3n) is 3.06. The number of ether oxygens (including phenoxy) is 2. The summed E-state index contributed by atoms with van der Waals surface area (Å²) in [5.74, 6) is 0.316. The Morgan fingerprint density at radius 2 is 1.87 bits per heavy atom. The summed E-state index contributed by atoms with van der Waals surface area (Å²) in [7, 11) is 1.59. The van der Waals surface area contributed by atoms with E-state index >= 15 is 0 Å². The fourth-order valence-corrected chi connectivity index (χ4v) is 1.95. The first-order valence-electron chi connectivity index (χ1n) is 7.11. The molecule has 0 atom stereocenters. The molecule has 0 aliphatic rings. The summed E-state index contributed by atoms with van der Waals surface area (Å²) in [6.07, 6.45) is 6.01. The van der Waals surface area contributed by atoms with Crippen LogP contribution in [0, 0.1) is 0 Å². The Hall–Kier alpha value is -3.01. The Balaban J connectivity index is 2.10. The summed E-state index contributed by atoms with van der Waals surface area (Å²) in [4.78, 5) is 10.4. The van der Waals surface area contributed by atoms with Crippen LogP contribution in [0.15, 0.2) is 66.8 Å². The molecule has 0 bridgehead atoms. The molecule has 2 aromatic rings. The van der Waals surface area contributed by atoms with Crippen LogP contribution in [-0.4, -0.2) is 18.2 Å². The van der Waals surface area contributed by atoms with Crippen LogP contribution in [0.2, 0.25) is 0 Å². The quantitative estimate of drug-likeness (QED) is 0.622. The number of benzene rings is 2. The zero-order chi connectivity index (χ0) is 16.5. The molecule has 2 rings (SSSR count). The molecule has 0 unspecified atom stereocenters. The summed E-state index contributed by atoms with van der Waals surface area (Å²) in [6, 6.07) is 15.4. The topological polar surface area (TPSA) is 55.8 Å². The highest BCUT2D eigenvalue weighted by atomic mass is 16.5. The maximum absolute atomic E-state index is 10.4. The maximum atomic E-state index is 10.4. The first kappa shape index (κ1) is 16.4. The van der Waals surface area contributed by atoms with Gasteiger partial charge in [0.25, 0.3) is 0 Å². The predicted octanol–water partition coefficient (Wildman–Crippen LogP) is 3.93. The van der Waals surface area contributed by atoms with Gasteiger partial charge in [0.15, 0.2) is 11.5 Å². The smallest absolute Gasteiger partial charge is 0.328 e. The van der Waals surface area contributed by atoms with Crippen LogP contribution in [0.5, 0.6) is 11.5 Å². The van der Waals surface area contributed by atoms with Crippen molar-refractivity contribution < 1.29 is 19.4 Å². The third-order valence-corrected chi connectivity index (χ3v) is 3.06. The highest BCUT2D eigenvalue weighted by Crippen LogP contribution is 2.29. The van der Waals surface area contributed by atoms with Gasteiger partial charge in [0.1, 0.15) is 6.61 Å². The van der Waals surface area contributed by atoms with Crippen molar-refractivity contribution in [2.24, 2.45) is 0 Å². The number of allylic oxidation sites excluding steroid dienone is 2. The van der Waals surface area contributed by atoms with Crippen molar-refractivity contribution in [3.05, 3.63) is 77.9 Å². The van der Waals surface area contributed by atoms with Crippen LogP contribution >= 0.6 is 0 Å². The van der Waals surface area contributed by atoms with Crippen molar-refractivity contribution in [1.29, 1.82) is 0 Å². The number of aliphatic carboxylic acids is 1. The fraction of sp³-hybridized carbons (Fsp3) is 0.105. The third kappa shape index (κ3) is 5.36. The number of carboxylic acid groups (broad SMARTS) is 1. The molecule has 0 aliphatic heterocycles. The lowest BCUT2D eigenvalue weighted by Crippen LogP contribution is -1.97. The zero-order valence-corrected chi connectivity index (χ0v) is 12.8. The average molecular weight is 310 g/mol. The van der Waals surface area contributed by atoms with E-state index in [1.165, 1.54) is 6.08 Å². The molecule has 0 aliphatic carbocycles. The van der Waals surface area contributed by atoms with Gasteiger partial charge in [0, 0.05) is 6.08 Å². The van der Waals surface area contributed by atoms with Crippen LogP contribution in [0.3, 0.4) is 0 Å². The highest BCUT2D eigenvalue weighted by Gasteiger charge is 2.05. The van der Waals surface area contributed by atoms with Crippen LogP contribution in [0.1, 0.15) is 11.1 Å². The van der Waals surface area contributed by atoms with Gasteiger partial charge in [-0.15, -0.1) is 0 Å². The van der Waals surface area contributed by atoms with Crippen molar-refractivity contribution >= 4 is 12.0 Å².